The normalized spacial score (nSPS) is 14.6. The fraction of sp³-hybridized carbons (Fsp3) is 0.421. The van der Waals surface area contributed by atoms with Crippen molar-refractivity contribution in [3.05, 3.63) is 47.0 Å². The molecule has 0 saturated heterocycles. The lowest BCUT2D eigenvalue weighted by Gasteiger charge is -2.30. The van der Waals surface area contributed by atoms with Gasteiger partial charge in [-0.3, -0.25) is 0 Å². The second kappa shape index (κ2) is 7.07. The molecule has 1 aliphatic heterocycles. The van der Waals surface area contributed by atoms with Gasteiger partial charge in [-0.05, 0) is 29.7 Å². The molecule has 0 fully saturated rings. The molecule has 7 nitrogen and oxygen atoms in total. The van der Waals surface area contributed by atoms with Crippen molar-refractivity contribution in [3.63, 3.8) is 0 Å². The maximum absolute atomic E-state index is 9.58. The van der Waals surface area contributed by atoms with Crippen molar-refractivity contribution in [2.45, 2.75) is 26.4 Å². The Kier molecular flexibility index (Phi) is 4.75. The Morgan fingerprint density at radius 1 is 1.15 bits per heavy atom. The van der Waals surface area contributed by atoms with Crippen molar-refractivity contribution < 1.29 is 10.2 Å². The highest BCUT2D eigenvalue weighted by Crippen LogP contribution is 2.29. The van der Waals surface area contributed by atoms with Crippen LogP contribution in [-0.4, -0.2) is 49.5 Å². The molecule has 0 bridgehead atoms. The number of fused-ring (bicyclic) bond motifs is 2. The molecule has 4 rings (SSSR count). The molecule has 2 N–H and O–H groups in total. The van der Waals surface area contributed by atoms with Gasteiger partial charge in [0, 0.05) is 30.1 Å². The van der Waals surface area contributed by atoms with Gasteiger partial charge >= 0.3 is 0 Å². The first kappa shape index (κ1) is 18.2. The number of nitrogens with zero attached hydrogens (tertiary/aromatic N) is 5. The van der Waals surface area contributed by atoms with E-state index >= 15 is 0 Å². The molecular formula is C19H22ClN5O2. The summed E-state index contributed by atoms with van der Waals surface area (Å²) in [5, 5.41) is 19.9. The third kappa shape index (κ3) is 3.38. The summed E-state index contributed by atoms with van der Waals surface area (Å²) >= 11 is 6.10. The molecule has 3 heterocycles. The number of aromatic nitrogens is 4. The zero-order valence-electron chi connectivity index (χ0n) is 15.1. The average Bonchev–Trinajstić information content (AvgIpc) is 3.10. The first-order chi connectivity index (χ1) is 13.0. The summed E-state index contributed by atoms with van der Waals surface area (Å²) in [5.74, 6) is 0.800. The predicted molar refractivity (Wildman–Crippen MR) is 104 cm³/mol. The number of hydrogen-bond donors (Lipinski definition) is 2. The molecule has 0 saturated carbocycles. The third-order valence-electron chi connectivity index (χ3n) is 5.18. The van der Waals surface area contributed by atoms with Crippen LogP contribution >= 0.6 is 11.6 Å². The van der Waals surface area contributed by atoms with Crippen molar-refractivity contribution >= 4 is 28.6 Å². The number of rotatable bonds is 5. The number of imidazole rings is 1. The maximum atomic E-state index is 9.58. The minimum absolute atomic E-state index is 0.118. The summed E-state index contributed by atoms with van der Waals surface area (Å²) in [7, 11) is 0. The molecule has 3 aromatic rings. The van der Waals surface area contributed by atoms with Gasteiger partial charge in [0.25, 0.3) is 0 Å². The van der Waals surface area contributed by atoms with E-state index in [1.807, 2.05) is 23.6 Å². The third-order valence-corrected chi connectivity index (χ3v) is 5.41. The molecule has 0 spiro atoms. The van der Waals surface area contributed by atoms with Crippen molar-refractivity contribution in [1.82, 2.24) is 19.5 Å². The number of benzene rings is 1. The van der Waals surface area contributed by atoms with Crippen LogP contribution in [0.3, 0.4) is 0 Å². The van der Waals surface area contributed by atoms with Crippen LogP contribution < -0.4 is 4.90 Å². The molecule has 27 heavy (non-hydrogen) atoms. The maximum Gasteiger partial charge on any atom is 0.165 e. The van der Waals surface area contributed by atoms with Crippen LogP contribution in [0, 0.1) is 5.41 Å². The Balaban J connectivity index is 1.67. The van der Waals surface area contributed by atoms with Crippen molar-refractivity contribution in [3.8, 4) is 0 Å². The zero-order valence-corrected chi connectivity index (χ0v) is 15.9. The highest BCUT2D eigenvalue weighted by molar-refractivity contribution is 6.30. The van der Waals surface area contributed by atoms with Gasteiger partial charge in [0.05, 0.1) is 19.5 Å². The highest BCUT2D eigenvalue weighted by atomic mass is 35.5. The Morgan fingerprint density at radius 2 is 1.96 bits per heavy atom. The molecule has 0 amide bonds. The van der Waals surface area contributed by atoms with E-state index in [4.69, 9.17) is 11.6 Å². The van der Waals surface area contributed by atoms with Crippen molar-refractivity contribution in [2.75, 3.05) is 24.7 Å². The number of hydrogen-bond acceptors (Lipinski definition) is 6. The molecule has 142 valence electrons. The molecular weight excluding hydrogens is 366 g/mol. The zero-order chi connectivity index (χ0) is 19.0. The smallest absolute Gasteiger partial charge is 0.165 e. The Morgan fingerprint density at radius 3 is 2.74 bits per heavy atom. The summed E-state index contributed by atoms with van der Waals surface area (Å²) in [4.78, 5) is 15.6. The van der Waals surface area contributed by atoms with E-state index in [2.05, 4.69) is 25.9 Å². The number of halogens is 1. The van der Waals surface area contributed by atoms with Crippen LogP contribution in [0.5, 0.6) is 0 Å². The number of aliphatic hydroxyl groups is 2. The lowest BCUT2D eigenvalue weighted by Crippen LogP contribution is -2.32. The van der Waals surface area contributed by atoms with Gasteiger partial charge in [0.2, 0.25) is 0 Å². The standard InChI is InChI=1S/C19H22ClN5O2/c1-19(9-26,10-27)8-25-12-23-16-17(21-11-22-18(16)25)24-5-4-13-6-15(20)3-2-14(13)7-24/h2-3,6,11-12,26-27H,4-5,7-10H2,1H3. The summed E-state index contributed by atoms with van der Waals surface area (Å²) < 4.78 is 1.87. The van der Waals surface area contributed by atoms with E-state index in [9.17, 15) is 10.2 Å². The second-order valence-corrected chi connectivity index (χ2v) is 7.89. The lowest BCUT2D eigenvalue weighted by atomic mass is 9.93. The topological polar surface area (TPSA) is 87.3 Å². The van der Waals surface area contributed by atoms with Gasteiger partial charge in [0.1, 0.15) is 6.33 Å². The molecule has 0 radical (unpaired) electrons. The molecule has 2 aromatic heterocycles. The van der Waals surface area contributed by atoms with E-state index in [0.29, 0.717) is 12.2 Å². The van der Waals surface area contributed by atoms with E-state index in [-0.39, 0.29) is 13.2 Å². The number of aliphatic hydroxyl groups excluding tert-OH is 2. The fourth-order valence-corrected chi connectivity index (χ4v) is 3.67. The molecule has 1 aromatic carbocycles. The molecule has 0 unspecified atom stereocenters. The summed E-state index contributed by atoms with van der Waals surface area (Å²) in [6, 6.07) is 6.01. The molecule has 1 aliphatic rings. The first-order valence-electron chi connectivity index (χ1n) is 8.93. The van der Waals surface area contributed by atoms with E-state index in [1.54, 1.807) is 12.7 Å². The van der Waals surface area contributed by atoms with Gasteiger partial charge < -0.3 is 19.7 Å². The Labute approximate surface area is 162 Å². The lowest BCUT2D eigenvalue weighted by molar-refractivity contribution is 0.0562. The van der Waals surface area contributed by atoms with Crippen molar-refractivity contribution in [2.24, 2.45) is 5.41 Å². The molecule has 0 aliphatic carbocycles. The van der Waals surface area contributed by atoms with Gasteiger partial charge in [-0.2, -0.15) is 0 Å². The largest absolute Gasteiger partial charge is 0.396 e. The average molecular weight is 388 g/mol. The van der Waals surface area contributed by atoms with Crippen LogP contribution in [0.2, 0.25) is 5.02 Å². The van der Waals surface area contributed by atoms with Gasteiger partial charge in [-0.25, -0.2) is 15.0 Å². The fourth-order valence-electron chi connectivity index (χ4n) is 3.48. The molecule has 0 atom stereocenters. The van der Waals surface area contributed by atoms with E-state index in [1.165, 1.54) is 11.1 Å². The Hall–Kier alpha value is -2.22. The second-order valence-electron chi connectivity index (χ2n) is 7.45. The van der Waals surface area contributed by atoms with E-state index < -0.39 is 5.41 Å². The van der Waals surface area contributed by atoms with Gasteiger partial charge in [0.15, 0.2) is 17.0 Å². The molecule has 8 heteroatoms. The van der Waals surface area contributed by atoms with Crippen LogP contribution in [0.1, 0.15) is 18.1 Å². The first-order valence-corrected chi connectivity index (χ1v) is 9.30. The quantitative estimate of drug-likeness (QED) is 0.696. The monoisotopic (exact) mass is 387 g/mol. The van der Waals surface area contributed by atoms with Crippen LogP contribution in [-0.2, 0) is 19.5 Å². The van der Waals surface area contributed by atoms with Crippen LogP contribution in [0.25, 0.3) is 11.2 Å². The van der Waals surface area contributed by atoms with Gasteiger partial charge in [-0.1, -0.05) is 24.6 Å². The summed E-state index contributed by atoms with van der Waals surface area (Å²) in [6.07, 6.45) is 4.14. The number of anilines is 1. The van der Waals surface area contributed by atoms with Gasteiger partial charge in [-0.15, -0.1) is 0 Å². The van der Waals surface area contributed by atoms with E-state index in [0.717, 1.165) is 35.9 Å². The van der Waals surface area contributed by atoms with Crippen LogP contribution in [0.4, 0.5) is 5.82 Å². The summed E-state index contributed by atoms with van der Waals surface area (Å²) in [6.45, 7) is 3.59. The SMILES string of the molecule is CC(CO)(CO)Cn1cnc2c(N3CCc4cc(Cl)ccc4C3)ncnc21. The summed E-state index contributed by atoms with van der Waals surface area (Å²) in [5.41, 5.74) is 3.31. The predicted octanol–water partition coefficient (Wildman–Crippen LogP) is 2.03. The minimum Gasteiger partial charge on any atom is -0.396 e. The van der Waals surface area contributed by atoms with Crippen molar-refractivity contribution in [1.29, 1.82) is 0 Å². The highest BCUT2D eigenvalue weighted by Gasteiger charge is 2.26. The van der Waals surface area contributed by atoms with Crippen LogP contribution in [0.15, 0.2) is 30.9 Å². The minimum atomic E-state index is -0.637. The Bertz CT molecular complexity index is 970.